The van der Waals surface area contributed by atoms with Gasteiger partial charge in [0.05, 0.1) is 6.26 Å². The molecule has 2 amide bonds. The van der Waals surface area contributed by atoms with E-state index in [9.17, 15) is 31.2 Å². The summed E-state index contributed by atoms with van der Waals surface area (Å²) in [6.45, 7) is 1.03. The van der Waals surface area contributed by atoms with Crippen molar-refractivity contribution in [3.8, 4) is 0 Å². The Hall–Kier alpha value is -2.42. The van der Waals surface area contributed by atoms with Gasteiger partial charge in [-0.2, -0.15) is 17.9 Å². The van der Waals surface area contributed by atoms with Crippen LogP contribution in [0.25, 0.3) is 0 Å². The molecule has 2 aliphatic rings. The Kier molecular flexibility index (Phi) is 10.3. The summed E-state index contributed by atoms with van der Waals surface area (Å²) in [6.07, 6.45) is -0.437. The van der Waals surface area contributed by atoms with Gasteiger partial charge in [0.15, 0.2) is 0 Å². The lowest BCUT2D eigenvalue weighted by Gasteiger charge is -2.35. The first-order valence-electron chi connectivity index (χ1n) is 11.4. The first kappa shape index (κ1) is 30.8. The lowest BCUT2D eigenvalue weighted by atomic mass is 9.96. The fourth-order valence-corrected chi connectivity index (χ4v) is 5.70. The lowest BCUT2D eigenvalue weighted by molar-refractivity contribution is -0.344. The van der Waals surface area contributed by atoms with Crippen LogP contribution in [0, 0.1) is 0 Å². The number of carbonyl (C=O) groups is 3. The molecule has 208 valence electrons. The number of carboxylic acids is 1. The minimum Gasteiger partial charge on any atom is -0.542 e. The van der Waals surface area contributed by atoms with Crippen LogP contribution in [0.1, 0.15) is 49.7 Å². The van der Waals surface area contributed by atoms with Gasteiger partial charge < -0.3 is 25.9 Å². The molecular formula is C22H29ClF3N4O6S-. The average Bonchev–Trinajstić information content (AvgIpc) is 3.46. The SMILES string of the molecule is CS(=O)(=O)NC1(C(=O)N2CCC[C@H]2C(=O)NCc2cc(Cl)ccc2CN)CCCC1.O=C([O-])C(F)(F)F. The third-order valence-corrected chi connectivity index (χ3v) is 7.13. The Bertz CT molecular complexity index is 1110. The highest BCUT2D eigenvalue weighted by Crippen LogP contribution is 2.34. The molecule has 1 saturated heterocycles. The molecule has 1 aromatic carbocycles. The van der Waals surface area contributed by atoms with Gasteiger partial charge >= 0.3 is 6.18 Å². The molecule has 1 heterocycles. The van der Waals surface area contributed by atoms with E-state index in [-0.39, 0.29) is 18.4 Å². The molecule has 0 aromatic heterocycles. The Morgan fingerprint density at radius 3 is 2.30 bits per heavy atom. The summed E-state index contributed by atoms with van der Waals surface area (Å²) in [5, 5.41) is 12.2. The van der Waals surface area contributed by atoms with Crippen molar-refractivity contribution in [3.63, 3.8) is 0 Å². The van der Waals surface area contributed by atoms with E-state index in [4.69, 9.17) is 27.2 Å². The topological polar surface area (TPSA) is 162 Å². The maximum absolute atomic E-state index is 13.4. The van der Waals surface area contributed by atoms with Crippen LogP contribution >= 0.6 is 11.6 Å². The van der Waals surface area contributed by atoms with Gasteiger partial charge in [-0.15, -0.1) is 0 Å². The Morgan fingerprint density at radius 2 is 1.78 bits per heavy atom. The summed E-state index contributed by atoms with van der Waals surface area (Å²) < 4.78 is 57.9. The highest BCUT2D eigenvalue weighted by molar-refractivity contribution is 7.88. The van der Waals surface area contributed by atoms with Crippen molar-refractivity contribution in [1.82, 2.24) is 14.9 Å². The average molecular weight is 570 g/mol. The minimum atomic E-state index is -5.19. The molecule has 1 aliphatic carbocycles. The minimum absolute atomic E-state index is 0.253. The van der Waals surface area contributed by atoms with Gasteiger partial charge in [0.1, 0.15) is 17.6 Å². The second-order valence-corrected chi connectivity index (χ2v) is 11.1. The molecule has 2 fully saturated rings. The van der Waals surface area contributed by atoms with E-state index in [1.807, 2.05) is 6.07 Å². The fraction of sp³-hybridized carbons (Fsp3) is 0.591. The molecule has 0 radical (unpaired) electrons. The van der Waals surface area contributed by atoms with E-state index in [0.29, 0.717) is 43.8 Å². The van der Waals surface area contributed by atoms with Crippen LogP contribution in [0.15, 0.2) is 18.2 Å². The Morgan fingerprint density at radius 1 is 1.19 bits per heavy atom. The van der Waals surface area contributed by atoms with Crippen LogP contribution < -0.4 is 20.9 Å². The molecule has 10 nitrogen and oxygen atoms in total. The second-order valence-electron chi connectivity index (χ2n) is 8.94. The van der Waals surface area contributed by atoms with Crippen molar-refractivity contribution in [1.29, 1.82) is 0 Å². The van der Waals surface area contributed by atoms with Gasteiger partial charge in [0, 0.05) is 24.7 Å². The van der Waals surface area contributed by atoms with Crippen LogP contribution in [0.5, 0.6) is 0 Å². The molecule has 3 rings (SSSR count). The molecule has 0 spiro atoms. The third-order valence-electron chi connectivity index (χ3n) is 6.14. The van der Waals surface area contributed by atoms with Crippen LogP contribution in [0.3, 0.4) is 0 Å². The number of benzene rings is 1. The zero-order valence-electron chi connectivity index (χ0n) is 20.1. The maximum Gasteiger partial charge on any atom is 0.430 e. The predicted molar refractivity (Wildman–Crippen MR) is 126 cm³/mol. The standard InChI is InChI=1S/C20H29ClN4O4S.C2HF3O2/c1-30(28,29)24-20(8-2-3-9-20)19(27)25-10-4-5-17(25)18(26)23-13-15-11-16(21)7-6-14(15)12-22;3-2(4,5)1(6)7/h6-7,11,17,24H,2-5,8-10,12-13,22H2,1H3,(H,23,26);(H,6,7)/p-1/t17-;/m0./s1. The fourth-order valence-electron chi connectivity index (χ4n) is 4.51. The number of amides is 2. The summed E-state index contributed by atoms with van der Waals surface area (Å²) in [7, 11) is -3.56. The number of nitrogens with two attached hydrogens (primary N) is 1. The number of sulfonamides is 1. The maximum atomic E-state index is 13.4. The number of halogens is 4. The van der Waals surface area contributed by atoms with Gasteiger partial charge in [-0.05, 0) is 48.9 Å². The van der Waals surface area contributed by atoms with Crippen LogP contribution in [0.2, 0.25) is 5.02 Å². The van der Waals surface area contributed by atoms with Crippen molar-refractivity contribution < 1.29 is 41.1 Å². The summed E-state index contributed by atoms with van der Waals surface area (Å²) in [5.74, 6) is -3.56. The monoisotopic (exact) mass is 569 g/mol. The molecule has 0 bridgehead atoms. The highest BCUT2D eigenvalue weighted by Gasteiger charge is 2.48. The number of likely N-dealkylation sites (tertiary alicyclic amines) is 1. The first-order chi connectivity index (χ1) is 17.1. The largest absolute Gasteiger partial charge is 0.542 e. The van der Waals surface area contributed by atoms with Crippen molar-refractivity contribution in [3.05, 3.63) is 34.3 Å². The number of carboxylic acid groups (broad SMARTS) is 1. The van der Waals surface area contributed by atoms with Crippen molar-refractivity contribution in [2.24, 2.45) is 5.73 Å². The number of alkyl halides is 3. The molecule has 1 aromatic rings. The number of hydrogen-bond acceptors (Lipinski definition) is 7. The van der Waals surface area contributed by atoms with Crippen LogP contribution in [0.4, 0.5) is 13.2 Å². The lowest BCUT2D eigenvalue weighted by Crippen LogP contribution is -2.60. The van der Waals surface area contributed by atoms with Crippen LogP contribution in [-0.4, -0.2) is 61.7 Å². The molecule has 1 aliphatic heterocycles. The number of carbonyl (C=O) groups excluding carboxylic acids is 3. The van der Waals surface area contributed by atoms with E-state index in [0.717, 1.165) is 30.2 Å². The van der Waals surface area contributed by atoms with E-state index >= 15 is 0 Å². The first-order valence-corrected chi connectivity index (χ1v) is 13.7. The summed E-state index contributed by atoms with van der Waals surface area (Å²) >= 11 is 6.06. The second kappa shape index (κ2) is 12.4. The van der Waals surface area contributed by atoms with Crippen molar-refractivity contribution in [2.75, 3.05) is 12.8 Å². The normalized spacial score (nSPS) is 19.2. The van der Waals surface area contributed by atoms with E-state index < -0.39 is 33.7 Å². The molecular weight excluding hydrogens is 541 g/mol. The number of rotatable bonds is 7. The van der Waals surface area contributed by atoms with Crippen molar-refractivity contribution >= 4 is 39.4 Å². The smallest absolute Gasteiger partial charge is 0.430 e. The van der Waals surface area contributed by atoms with Crippen molar-refractivity contribution in [2.45, 2.75) is 69.4 Å². The third kappa shape index (κ3) is 8.55. The molecule has 1 saturated carbocycles. The molecule has 0 unspecified atom stereocenters. The summed E-state index contributed by atoms with van der Waals surface area (Å²) in [4.78, 5) is 36.6. The van der Waals surface area contributed by atoms with Gasteiger partial charge in [-0.3, -0.25) is 9.59 Å². The molecule has 37 heavy (non-hydrogen) atoms. The molecule has 15 heteroatoms. The van der Waals surface area contributed by atoms with E-state index in [1.54, 1.807) is 17.0 Å². The van der Waals surface area contributed by atoms with E-state index in [1.165, 1.54) is 0 Å². The molecule has 4 N–H and O–H groups in total. The number of hydrogen-bond donors (Lipinski definition) is 3. The summed E-state index contributed by atoms with van der Waals surface area (Å²) in [5.41, 5.74) is 6.34. The number of nitrogens with one attached hydrogen (secondary N) is 2. The van der Waals surface area contributed by atoms with E-state index in [2.05, 4.69) is 10.0 Å². The number of nitrogens with zero attached hydrogens (tertiary/aromatic N) is 1. The van der Waals surface area contributed by atoms with Gasteiger partial charge in [0.25, 0.3) is 0 Å². The Labute approximate surface area is 217 Å². The van der Waals surface area contributed by atoms with Gasteiger partial charge in [-0.1, -0.05) is 30.5 Å². The summed E-state index contributed by atoms with van der Waals surface area (Å²) in [6, 6.07) is 4.74. The number of aliphatic carboxylic acids is 1. The zero-order valence-corrected chi connectivity index (χ0v) is 21.6. The highest BCUT2D eigenvalue weighted by atomic mass is 35.5. The predicted octanol–water partition coefficient (Wildman–Crippen LogP) is 0.567. The quantitative estimate of drug-likeness (QED) is 0.432. The molecule has 1 atom stereocenters. The van der Waals surface area contributed by atoms with Crippen LogP contribution in [-0.2, 0) is 37.5 Å². The van der Waals surface area contributed by atoms with Gasteiger partial charge in [-0.25, -0.2) is 8.42 Å². The Balaban J connectivity index is 0.000000604. The zero-order chi connectivity index (χ0) is 28.0. The van der Waals surface area contributed by atoms with Gasteiger partial charge in [0.2, 0.25) is 21.8 Å².